The molecule has 0 aliphatic carbocycles. The number of phenols is 1. The third kappa shape index (κ3) is 3.88. The number of aromatic nitrogens is 2. The van der Waals surface area contributed by atoms with Gasteiger partial charge in [-0.1, -0.05) is 6.07 Å². The summed E-state index contributed by atoms with van der Waals surface area (Å²) in [6.45, 7) is 2.54. The zero-order chi connectivity index (χ0) is 18.7. The summed E-state index contributed by atoms with van der Waals surface area (Å²) in [7, 11) is 0. The molecule has 0 amide bonds. The normalized spacial score (nSPS) is 18.2. The number of aromatic hydroxyl groups is 1. The number of thioether (sulfide) groups is 1. The summed E-state index contributed by atoms with van der Waals surface area (Å²) in [6.07, 6.45) is 4.44. The number of nitrogens with two attached hydrogens (primary N) is 2. The number of rotatable bonds is 6. The Balaban J connectivity index is 2.02. The second-order valence-electron chi connectivity index (χ2n) is 6.84. The molecule has 6 nitrogen and oxygen atoms in total. The Morgan fingerprint density at radius 3 is 2.96 bits per heavy atom. The van der Waals surface area contributed by atoms with Gasteiger partial charge in [0, 0.05) is 23.6 Å². The van der Waals surface area contributed by atoms with Gasteiger partial charge in [0.05, 0.1) is 5.69 Å². The van der Waals surface area contributed by atoms with Crippen molar-refractivity contribution >= 4 is 17.6 Å². The molecule has 2 unspecified atom stereocenters. The number of nitrogen functional groups attached to an aromatic ring is 1. The monoisotopic (exact) mass is 374 g/mol. The summed E-state index contributed by atoms with van der Waals surface area (Å²) >= 11 is 1.95. The largest absolute Gasteiger partial charge is 0.507 e. The highest BCUT2D eigenvalue weighted by Gasteiger charge is 2.20. The molecule has 140 valence electrons. The summed E-state index contributed by atoms with van der Waals surface area (Å²) < 4.78 is 1.60. The van der Waals surface area contributed by atoms with Crippen molar-refractivity contribution in [1.29, 1.82) is 0 Å². The molecule has 1 fully saturated rings. The van der Waals surface area contributed by atoms with E-state index in [0.29, 0.717) is 23.7 Å². The van der Waals surface area contributed by atoms with Crippen LogP contribution in [-0.2, 0) is 0 Å². The van der Waals surface area contributed by atoms with Crippen LogP contribution in [0, 0.1) is 0 Å². The van der Waals surface area contributed by atoms with Gasteiger partial charge < -0.3 is 21.1 Å². The van der Waals surface area contributed by atoms with E-state index in [4.69, 9.17) is 11.5 Å². The van der Waals surface area contributed by atoms with Gasteiger partial charge in [-0.05, 0) is 62.1 Å². The number of hydrogen-bond donors (Lipinski definition) is 3. The third-order valence-electron chi connectivity index (χ3n) is 4.95. The van der Waals surface area contributed by atoms with Crippen molar-refractivity contribution in [3.05, 3.63) is 40.3 Å². The number of phenolic OH excluding ortho intramolecular Hbond substituents is 1. The van der Waals surface area contributed by atoms with Gasteiger partial charge in [0.1, 0.15) is 5.75 Å². The highest BCUT2D eigenvalue weighted by atomic mass is 32.2. The Labute approximate surface area is 157 Å². The van der Waals surface area contributed by atoms with E-state index in [9.17, 15) is 9.90 Å². The van der Waals surface area contributed by atoms with Gasteiger partial charge in [-0.25, -0.2) is 4.98 Å². The fourth-order valence-electron chi connectivity index (χ4n) is 3.35. The van der Waals surface area contributed by atoms with Crippen LogP contribution >= 0.6 is 11.8 Å². The van der Waals surface area contributed by atoms with Crippen molar-refractivity contribution in [3.8, 4) is 17.0 Å². The minimum atomic E-state index is -0.305. The molecule has 1 aliphatic rings. The minimum Gasteiger partial charge on any atom is -0.507 e. The number of hydrogen-bond acceptors (Lipinski definition) is 6. The Hall–Kier alpha value is -1.99. The number of benzene rings is 1. The van der Waals surface area contributed by atoms with Crippen LogP contribution in [0.3, 0.4) is 0 Å². The molecular weight excluding hydrogens is 348 g/mol. The van der Waals surface area contributed by atoms with Crippen molar-refractivity contribution in [2.45, 2.75) is 38.1 Å². The predicted molar refractivity (Wildman–Crippen MR) is 108 cm³/mol. The number of anilines is 1. The Kier molecular flexibility index (Phi) is 5.88. The van der Waals surface area contributed by atoms with Crippen LogP contribution < -0.4 is 17.0 Å². The maximum Gasteiger partial charge on any atom is 0.293 e. The van der Waals surface area contributed by atoms with E-state index in [2.05, 4.69) is 4.98 Å². The maximum absolute atomic E-state index is 12.4. The highest BCUT2D eigenvalue weighted by molar-refractivity contribution is 7.99. The van der Waals surface area contributed by atoms with Crippen LogP contribution in [0.2, 0.25) is 0 Å². The van der Waals surface area contributed by atoms with Gasteiger partial charge in [0.15, 0.2) is 5.82 Å². The van der Waals surface area contributed by atoms with Crippen molar-refractivity contribution in [3.63, 3.8) is 0 Å². The quantitative estimate of drug-likeness (QED) is 0.718. The molecule has 3 rings (SSSR count). The van der Waals surface area contributed by atoms with Crippen LogP contribution in [0.4, 0.5) is 5.82 Å². The van der Waals surface area contributed by atoms with Crippen molar-refractivity contribution < 1.29 is 5.11 Å². The SMILES string of the molecule is CC(CCCN)n1cc(-c2cc(C3CCSC3)ccc2O)nc(N)c1=O. The summed E-state index contributed by atoms with van der Waals surface area (Å²) in [5, 5.41) is 10.4. The van der Waals surface area contributed by atoms with Crippen molar-refractivity contribution in [1.82, 2.24) is 9.55 Å². The van der Waals surface area contributed by atoms with Crippen molar-refractivity contribution in [2.24, 2.45) is 5.73 Å². The average Bonchev–Trinajstić information content (AvgIpc) is 3.17. The van der Waals surface area contributed by atoms with Crippen molar-refractivity contribution in [2.75, 3.05) is 23.8 Å². The van der Waals surface area contributed by atoms with Crippen LogP contribution in [0.25, 0.3) is 11.3 Å². The smallest absolute Gasteiger partial charge is 0.293 e. The van der Waals surface area contributed by atoms with E-state index >= 15 is 0 Å². The lowest BCUT2D eigenvalue weighted by atomic mass is 9.95. The molecule has 7 heteroatoms. The van der Waals surface area contributed by atoms with Gasteiger partial charge in [-0.3, -0.25) is 4.79 Å². The first-order valence-corrected chi connectivity index (χ1v) is 10.2. The fourth-order valence-corrected chi connectivity index (χ4v) is 4.61. The van der Waals surface area contributed by atoms with Gasteiger partial charge in [0.25, 0.3) is 5.56 Å². The van der Waals surface area contributed by atoms with E-state index in [1.807, 2.05) is 30.8 Å². The van der Waals surface area contributed by atoms with Crippen LogP contribution in [0.5, 0.6) is 5.75 Å². The van der Waals surface area contributed by atoms with E-state index in [1.54, 1.807) is 16.8 Å². The van der Waals surface area contributed by atoms with Gasteiger partial charge in [-0.15, -0.1) is 0 Å². The highest BCUT2D eigenvalue weighted by Crippen LogP contribution is 2.37. The Morgan fingerprint density at radius 1 is 1.46 bits per heavy atom. The van der Waals surface area contributed by atoms with E-state index < -0.39 is 0 Å². The maximum atomic E-state index is 12.4. The topological polar surface area (TPSA) is 107 Å². The molecule has 1 saturated heterocycles. The third-order valence-corrected chi connectivity index (χ3v) is 6.12. The molecule has 0 radical (unpaired) electrons. The van der Waals surface area contributed by atoms with Crippen LogP contribution in [0.15, 0.2) is 29.2 Å². The molecule has 1 aromatic carbocycles. The lowest BCUT2D eigenvalue weighted by Crippen LogP contribution is -2.27. The molecular formula is C19H26N4O2S. The Morgan fingerprint density at radius 2 is 2.27 bits per heavy atom. The average molecular weight is 375 g/mol. The summed E-state index contributed by atoms with van der Waals surface area (Å²) in [6, 6.07) is 5.62. The van der Waals surface area contributed by atoms with Crippen LogP contribution in [-0.4, -0.2) is 32.7 Å². The minimum absolute atomic E-state index is 0.0355. The molecule has 2 aromatic rings. The zero-order valence-corrected chi connectivity index (χ0v) is 15.8. The molecule has 0 bridgehead atoms. The van der Waals surface area contributed by atoms with Gasteiger partial charge in [-0.2, -0.15) is 11.8 Å². The molecule has 5 N–H and O–H groups in total. The Bertz CT molecular complexity index is 831. The molecule has 1 aliphatic heterocycles. The summed E-state index contributed by atoms with van der Waals surface area (Å²) in [4.78, 5) is 16.6. The second kappa shape index (κ2) is 8.14. The molecule has 0 saturated carbocycles. The first-order chi connectivity index (χ1) is 12.5. The van der Waals surface area contributed by atoms with Crippen LogP contribution in [0.1, 0.15) is 43.7 Å². The van der Waals surface area contributed by atoms with E-state index in [1.165, 1.54) is 5.56 Å². The van der Waals surface area contributed by atoms with Gasteiger partial charge in [0.2, 0.25) is 0 Å². The zero-order valence-electron chi connectivity index (χ0n) is 15.0. The lowest BCUT2D eigenvalue weighted by molar-refractivity contribution is 0.473. The molecule has 2 atom stereocenters. The summed E-state index contributed by atoms with van der Waals surface area (Å²) in [5.41, 5.74) is 13.5. The first kappa shape index (κ1) is 18.8. The standard InChI is InChI=1S/C19H26N4O2S/c1-12(3-2-7-20)23-10-16(22-18(21)19(23)25)15-9-13(4-5-17(15)24)14-6-8-26-11-14/h4-5,9-10,12,14,24H,2-3,6-8,11,20H2,1H3,(H2,21,22). The first-order valence-electron chi connectivity index (χ1n) is 9.01. The molecule has 1 aromatic heterocycles. The molecule has 2 heterocycles. The number of nitrogens with zero attached hydrogens (tertiary/aromatic N) is 2. The van der Waals surface area contributed by atoms with E-state index in [-0.39, 0.29) is 23.2 Å². The lowest BCUT2D eigenvalue weighted by Gasteiger charge is -2.17. The summed E-state index contributed by atoms with van der Waals surface area (Å²) in [5.74, 6) is 2.84. The fraction of sp³-hybridized carbons (Fsp3) is 0.474. The van der Waals surface area contributed by atoms with E-state index in [0.717, 1.165) is 30.8 Å². The van der Waals surface area contributed by atoms with Gasteiger partial charge >= 0.3 is 0 Å². The molecule has 26 heavy (non-hydrogen) atoms. The second-order valence-corrected chi connectivity index (χ2v) is 7.99. The predicted octanol–water partition coefficient (Wildman–Crippen LogP) is 2.72. The molecule has 0 spiro atoms.